The first-order valence-corrected chi connectivity index (χ1v) is 9.49. The Labute approximate surface area is 171 Å². The lowest BCUT2D eigenvalue weighted by Gasteiger charge is -2.16. The molecule has 0 aliphatic heterocycles. The third kappa shape index (κ3) is 7.75. The Morgan fingerprint density at radius 3 is 1.83 bits per heavy atom. The number of anilines is 2. The van der Waals surface area contributed by atoms with Gasteiger partial charge in [-0.3, -0.25) is 14.5 Å². The second-order valence-electron chi connectivity index (χ2n) is 6.85. The molecule has 2 aromatic carbocycles. The number of hydrogen-bond donors (Lipinski definition) is 2. The van der Waals surface area contributed by atoms with Crippen molar-refractivity contribution in [2.24, 2.45) is 0 Å². The fraction of sp³-hybridized carbons (Fsp3) is 0.318. The Kier molecular flexibility index (Phi) is 8.36. The summed E-state index contributed by atoms with van der Waals surface area (Å²) in [5, 5.41) is 5.55. The number of aryl methyl sites for hydroxylation is 1. The van der Waals surface area contributed by atoms with Crippen molar-refractivity contribution in [3.05, 3.63) is 59.7 Å². The zero-order valence-electron chi connectivity index (χ0n) is 17.0. The second kappa shape index (κ2) is 11.0. The van der Waals surface area contributed by atoms with E-state index in [9.17, 15) is 14.4 Å². The largest absolute Gasteiger partial charge is 0.462 e. The van der Waals surface area contributed by atoms with Crippen LogP contribution in [0.5, 0.6) is 0 Å². The summed E-state index contributed by atoms with van der Waals surface area (Å²) < 4.78 is 5.07. The standard InChI is InChI=1S/C22H27N3O4/c1-4-13-29-22(28)17-7-11-19(12-8-17)24-21(27)15-25(3)14-20(26)23-18-9-5-16(2)6-10-18/h5-12H,4,13-15H2,1-3H3,(H,23,26)(H,24,27). The maximum atomic E-state index is 12.2. The van der Waals surface area contributed by atoms with Crippen LogP contribution in [-0.4, -0.2) is 49.4 Å². The fourth-order valence-corrected chi connectivity index (χ4v) is 2.55. The summed E-state index contributed by atoms with van der Waals surface area (Å²) in [5.41, 5.74) is 2.83. The van der Waals surface area contributed by atoms with Crippen molar-refractivity contribution in [3.8, 4) is 0 Å². The van der Waals surface area contributed by atoms with E-state index in [1.165, 1.54) is 0 Å². The number of likely N-dealkylation sites (N-methyl/N-ethyl adjacent to an activating group) is 1. The van der Waals surface area contributed by atoms with Crippen LogP contribution in [0.15, 0.2) is 48.5 Å². The highest BCUT2D eigenvalue weighted by atomic mass is 16.5. The predicted octanol–water partition coefficient (Wildman–Crippen LogP) is 3.07. The number of esters is 1. The van der Waals surface area contributed by atoms with Crippen LogP contribution in [0.1, 0.15) is 29.3 Å². The molecule has 0 saturated carbocycles. The lowest BCUT2D eigenvalue weighted by Crippen LogP contribution is -2.36. The Hall–Kier alpha value is -3.19. The molecule has 0 heterocycles. The van der Waals surface area contributed by atoms with Gasteiger partial charge in [0.2, 0.25) is 11.8 Å². The Bertz CT molecular complexity index is 832. The molecule has 0 saturated heterocycles. The molecular formula is C22H27N3O4. The Morgan fingerprint density at radius 2 is 1.34 bits per heavy atom. The van der Waals surface area contributed by atoms with Crippen molar-refractivity contribution in [2.75, 3.05) is 37.4 Å². The topological polar surface area (TPSA) is 87.7 Å². The molecule has 0 bridgehead atoms. The number of benzene rings is 2. The van der Waals surface area contributed by atoms with Gasteiger partial charge in [0.05, 0.1) is 25.3 Å². The molecule has 0 radical (unpaired) electrons. The van der Waals surface area contributed by atoms with Gasteiger partial charge in [-0.15, -0.1) is 0 Å². The van der Waals surface area contributed by atoms with E-state index in [1.807, 2.05) is 38.1 Å². The number of carbonyl (C=O) groups excluding carboxylic acids is 3. The summed E-state index contributed by atoms with van der Waals surface area (Å²) in [6.45, 7) is 4.42. The molecule has 0 atom stereocenters. The molecule has 2 aromatic rings. The molecule has 0 aliphatic rings. The van der Waals surface area contributed by atoms with E-state index >= 15 is 0 Å². The summed E-state index contributed by atoms with van der Waals surface area (Å²) >= 11 is 0. The summed E-state index contributed by atoms with van der Waals surface area (Å²) in [7, 11) is 1.70. The van der Waals surface area contributed by atoms with Crippen molar-refractivity contribution in [1.29, 1.82) is 0 Å². The van der Waals surface area contributed by atoms with Gasteiger partial charge in [0.25, 0.3) is 0 Å². The molecule has 0 fully saturated rings. The number of hydrogen-bond acceptors (Lipinski definition) is 5. The number of nitrogens with zero attached hydrogens (tertiary/aromatic N) is 1. The lowest BCUT2D eigenvalue weighted by atomic mass is 10.2. The number of carbonyl (C=O) groups is 3. The van der Waals surface area contributed by atoms with Crippen LogP contribution in [-0.2, 0) is 14.3 Å². The van der Waals surface area contributed by atoms with Crippen molar-refractivity contribution in [3.63, 3.8) is 0 Å². The zero-order chi connectivity index (χ0) is 21.2. The molecule has 0 aliphatic carbocycles. The summed E-state index contributed by atoms with van der Waals surface area (Å²) in [5.74, 6) is -0.833. The molecule has 0 unspecified atom stereocenters. The average molecular weight is 397 g/mol. The maximum Gasteiger partial charge on any atom is 0.338 e. The van der Waals surface area contributed by atoms with Crippen LogP contribution in [0.2, 0.25) is 0 Å². The Balaban J connectivity index is 1.78. The third-order valence-electron chi connectivity index (χ3n) is 4.00. The zero-order valence-corrected chi connectivity index (χ0v) is 17.0. The molecular weight excluding hydrogens is 370 g/mol. The maximum absolute atomic E-state index is 12.2. The second-order valence-corrected chi connectivity index (χ2v) is 6.85. The highest BCUT2D eigenvalue weighted by Gasteiger charge is 2.12. The number of amides is 2. The molecule has 0 spiro atoms. The van der Waals surface area contributed by atoms with Crippen LogP contribution < -0.4 is 10.6 Å². The highest BCUT2D eigenvalue weighted by molar-refractivity contribution is 5.95. The van der Waals surface area contributed by atoms with Gasteiger partial charge in [0.1, 0.15) is 0 Å². The molecule has 2 rings (SSSR count). The average Bonchev–Trinajstić information content (AvgIpc) is 2.68. The molecule has 7 nitrogen and oxygen atoms in total. The summed E-state index contributed by atoms with van der Waals surface area (Å²) in [6, 6.07) is 14.0. The first-order valence-electron chi connectivity index (χ1n) is 9.49. The van der Waals surface area contributed by atoms with E-state index in [1.54, 1.807) is 36.2 Å². The van der Waals surface area contributed by atoms with E-state index in [4.69, 9.17) is 4.74 Å². The van der Waals surface area contributed by atoms with Gasteiger partial charge in [-0.2, -0.15) is 0 Å². The molecule has 0 aromatic heterocycles. The quantitative estimate of drug-likeness (QED) is 0.635. The Morgan fingerprint density at radius 1 is 0.862 bits per heavy atom. The first-order chi connectivity index (χ1) is 13.9. The number of nitrogens with one attached hydrogen (secondary N) is 2. The van der Waals surface area contributed by atoms with Gasteiger partial charge in [0, 0.05) is 11.4 Å². The fourth-order valence-electron chi connectivity index (χ4n) is 2.55. The molecule has 7 heteroatoms. The number of ether oxygens (including phenoxy) is 1. The van der Waals surface area contributed by atoms with E-state index in [0.717, 1.165) is 17.7 Å². The van der Waals surface area contributed by atoms with Crippen molar-refractivity contribution in [2.45, 2.75) is 20.3 Å². The third-order valence-corrected chi connectivity index (χ3v) is 4.00. The van der Waals surface area contributed by atoms with Crippen LogP contribution in [0, 0.1) is 6.92 Å². The van der Waals surface area contributed by atoms with Crippen LogP contribution >= 0.6 is 0 Å². The van der Waals surface area contributed by atoms with Gasteiger partial charge >= 0.3 is 5.97 Å². The minimum atomic E-state index is -0.385. The van der Waals surface area contributed by atoms with Gasteiger partial charge in [-0.1, -0.05) is 24.6 Å². The van der Waals surface area contributed by atoms with Gasteiger partial charge in [0.15, 0.2) is 0 Å². The van der Waals surface area contributed by atoms with Crippen molar-refractivity contribution in [1.82, 2.24) is 4.90 Å². The minimum Gasteiger partial charge on any atom is -0.462 e. The van der Waals surface area contributed by atoms with Crippen LogP contribution in [0.4, 0.5) is 11.4 Å². The van der Waals surface area contributed by atoms with E-state index < -0.39 is 0 Å². The highest BCUT2D eigenvalue weighted by Crippen LogP contribution is 2.11. The molecule has 2 amide bonds. The van der Waals surface area contributed by atoms with E-state index in [0.29, 0.717) is 17.9 Å². The van der Waals surface area contributed by atoms with Gasteiger partial charge < -0.3 is 15.4 Å². The molecule has 2 N–H and O–H groups in total. The smallest absolute Gasteiger partial charge is 0.338 e. The number of rotatable bonds is 9. The van der Waals surface area contributed by atoms with Gasteiger partial charge in [-0.05, 0) is 56.8 Å². The molecule has 154 valence electrons. The first kappa shape index (κ1) is 22.1. The molecule has 29 heavy (non-hydrogen) atoms. The van der Waals surface area contributed by atoms with E-state index in [2.05, 4.69) is 10.6 Å². The SMILES string of the molecule is CCCOC(=O)c1ccc(NC(=O)CN(C)CC(=O)Nc2ccc(C)cc2)cc1. The monoisotopic (exact) mass is 397 g/mol. The summed E-state index contributed by atoms with van der Waals surface area (Å²) in [6.07, 6.45) is 0.760. The predicted molar refractivity (Wildman–Crippen MR) is 113 cm³/mol. The van der Waals surface area contributed by atoms with Gasteiger partial charge in [-0.25, -0.2) is 4.79 Å². The van der Waals surface area contributed by atoms with Crippen LogP contribution in [0.3, 0.4) is 0 Å². The van der Waals surface area contributed by atoms with Crippen molar-refractivity contribution >= 4 is 29.2 Å². The van der Waals surface area contributed by atoms with Crippen molar-refractivity contribution < 1.29 is 19.1 Å². The lowest BCUT2D eigenvalue weighted by molar-refractivity contribution is -0.119. The van der Waals surface area contributed by atoms with E-state index in [-0.39, 0.29) is 30.9 Å². The normalized spacial score (nSPS) is 10.5. The minimum absolute atomic E-state index is 0.0572. The van der Waals surface area contributed by atoms with Crippen LogP contribution in [0.25, 0.3) is 0 Å². The summed E-state index contributed by atoms with van der Waals surface area (Å²) in [4.78, 5) is 37.7.